The van der Waals surface area contributed by atoms with Crippen LogP contribution < -0.4 is 10.6 Å². The second-order valence-corrected chi connectivity index (χ2v) is 10.3. The summed E-state index contributed by atoms with van der Waals surface area (Å²) >= 11 is 0. The van der Waals surface area contributed by atoms with E-state index in [9.17, 15) is 9.59 Å². The van der Waals surface area contributed by atoms with Crippen LogP contribution in [0.15, 0.2) is 0 Å². The molecule has 1 heterocycles. The fourth-order valence-corrected chi connectivity index (χ4v) is 2.90. The van der Waals surface area contributed by atoms with Gasteiger partial charge in [-0.1, -0.05) is 19.3 Å². The summed E-state index contributed by atoms with van der Waals surface area (Å²) in [6.45, 7) is 15.1. The number of hydrogen-bond donors (Lipinski definition) is 2. The molecule has 0 unspecified atom stereocenters. The monoisotopic (exact) mass is 431 g/mol. The van der Waals surface area contributed by atoms with Gasteiger partial charge in [0, 0.05) is 24.0 Å². The fourth-order valence-electron chi connectivity index (χ4n) is 2.90. The lowest BCUT2D eigenvalue weighted by Gasteiger charge is -2.22. The lowest BCUT2D eigenvalue weighted by molar-refractivity contribution is 0.0900. The Labute approximate surface area is 188 Å². The van der Waals surface area contributed by atoms with Crippen molar-refractivity contribution in [3.05, 3.63) is 17.2 Å². The van der Waals surface area contributed by atoms with Crippen LogP contribution in [0.3, 0.4) is 0 Å². The van der Waals surface area contributed by atoms with Gasteiger partial charge in [0.05, 0.1) is 0 Å². The number of nitrogens with one attached hydrogen (secondary N) is 2. The van der Waals surface area contributed by atoms with Crippen LogP contribution in [0.1, 0.15) is 101 Å². The minimum Gasteiger partial charge on any atom is -0.346 e. The largest absolute Gasteiger partial charge is 0.346 e. The Morgan fingerprint density at radius 2 is 1.58 bits per heavy atom. The van der Waals surface area contributed by atoms with Crippen molar-refractivity contribution in [2.75, 3.05) is 20.6 Å². The Kier molecular flexibility index (Phi) is 9.76. The van der Waals surface area contributed by atoms with Crippen molar-refractivity contribution in [1.29, 1.82) is 0 Å². The molecule has 7 nitrogen and oxygen atoms in total. The van der Waals surface area contributed by atoms with Crippen LogP contribution in [-0.4, -0.2) is 58.0 Å². The van der Waals surface area contributed by atoms with Crippen molar-refractivity contribution in [2.24, 2.45) is 0 Å². The van der Waals surface area contributed by atoms with Crippen molar-refractivity contribution in [3.8, 4) is 11.8 Å². The molecule has 0 spiro atoms. The highest BCUT2D eigenvalue weighted by Gasteiger charge is 2.29. The molecule has 2 N–H and O–H groups in total. The van der Waals surface area contributed by atoms with Crippen LogP contribution in [0.5, 0.6) is 0 Å². The maximum Gasteiger partial charge on any atom is 0.287 e. The van der Waals surface area contributed by atoms with E-state index in [4.69, 9.17) is 0 Å². The number of amides is 2. The van der Waals surface area contributed by atoms with E-state index in [0.29, 0.717) is 24.4 Å². The van der Waals surface area contributed by atoms with Crippen LogP contribution in [0, 0.1) is 11.8 Å². The molecule has 174 valence electrons. The number of imidazole rings is 1. The number of carbonyl (C=O) groups is 2. The predicted octanol–water partition coefficient (Wildman–Crippen LogP) is 3.43. The number of rotatable bonds is 8. The van der Waals surface area contributed by atoms with Gasteiger partial charge in [-0.3, -0.25) is 9.59 Å². The second kappa shape index (κ2) is 11.3. The molecule has 1 aromatic heterocycles. The molecule has 0 saturated carbocycles. The van der Waals surface area contributed by atoms with Gasteiger partial charge in [0.1, 0.15) is 11.4 Å². The topological polar surface area (TPSA) is 79.3 Å². The number of aromatic nitrogens is 2. The molecule has 0 aliphatic heterocycles. The van der Waals surface area contributed by atoms with Gasteiger partial charge in [-0.25, -0.2) is 4.98 Å². The number of unbranched alkanes of at least 4 members (excludes halogenated alkanes) is 2. The maximum atomic E-state index is 13.2. The van der Waals surface area contributed by atoms with Crippen molar-refractivity contribution >= 4 is 11.8 Å². The summed E-state index contributed by atoms with van der Waals surface area (Å²) in [6, 6.07) is 0. The Morgan fingerprint density at radius 1 is 1.00 bits per heavy atom. The third-order valence-corrected chi connectivity index (χ3v) is 4.21. The first kappa shape index (κ1) is 26.7. The summed E-state index contributed by atoms with van der Waals surface area (Å²) in [7, 11) is 4.05. The van der Waals surface area contributed by atoms with Gasteiger partial charge >= 0.3 is 0 Å². The molecule has 0 aromatic carbocycles. The van der Waals surface area contributed by atoms with Crippen molar-refractivity contribution < 1.29 is 9.59 Å². The molecular weight excluding hydrogens is 390 g/mol. The average Bonchev–Trinajstić information content (AvgIpc) is 2.95. The molecule has 0 aliphatic rings. The molecule has 2 amide bonds. The first-order valence-electron chi connectivity index (χ1n) is 11.1. The normalized spacial score (nSPS) is 11.8. The standard InChI is InChI=1S/C24H41N5O2/c1-10-11-17-29-19(21(30)26-23(2,3)4)18(15-13-12-14-16-28(8)9)25-20(29)22(31)27-24(5,6)7/h10-12,14,16-17H2,1-9H3,(H,26,30)(H,27,31). The minimum absolute atomic E-state index is 0.236. The van der Waals surface area contributed by atoms with Gasteiger partial charge in [0.25, 0.3) is 11.8 Å². The van der Waals surface area contributed by atoms with E-state index in [1.54, 1.807) is 4.57 Å². The van der Waals surface area contributed by atoms with Crippen LogP contribution >= 0.6 is 0 Å². The molecule has 0 bridgehead atoms. The minimum atomic E-state index is -0.415. The molecule has 7 heteroatoms. The summed E-state index contributed by atoms with van der Waals surface area (Å²) in [5.41, 5.74) is -0.102. The number of nitrogens with zero attached hydrogens (tertiary/aromatic N) is 3. The van der Waals surface area contributed by atoms with E-state index in [0.717, 1.165) is 25.8 Å². The van der Waals surface area contributed by atoms with Gasteiger partial charge < -0.3 is 20.1 Å². The lowest BCUT2D eigenvalue weighted by Crippen LogP contribution is -2.43. The third kappa shape index (κ3) is 9.56. The summed E-state index contributed by atoms with van der Waals surface area (Å²) in [5.74, 6) is 5.88. The average molecular weight is 432 g/mol. The zero-order valence-electron chi connectivity index (χ0n) is 20.9. The maximum absolute atomic E-state index is 13.2. The van der Waals surface area contributed by atoms with Crippen molar-refractivity contribution in [3.63, 3.8) is 0 Å². The lowest BCUT2D eigenvalue weighted by atomic mass is 10.1. The molecule has 0 fully saturated rings. The Bertz CT molecular complexity index is 814. The van der Waals surface area contributed by atoms with E-state index >= 15 is 0 Å². The molecule has 0 radical (unpaired) electrons. The number of hydrogen-bond acceptors (Lipinski definition) is 4. The molecule has 0 atom stereocenters. The highest BCUT2D eigenvalue weighted by molar-refractivity contribution is 5.98. The predicted molar refractivity (Wildman–Crippen MR) is 126 cm³/mol. The summed E-state index contributed by atoms with van der Waals surface area (Å²) in [6.07, 6.45) is 3.39. The quantitative estimate of drug-likeness (QED) is 0.488. The molecule has 1 rings (SSSR count). The van der Waals surface area contributed by atoms with Crippen LogP contribution in [0.2, 0.25) is 0 Å². The van der Waals surface area contributed by atoms with Crippen molar-refractivity contribution in [1.82, 2.24) is 25.1 Å². The Hall–Kier alpha value is -2.33. The number of carbonyl (C=O) groups excluding carboxylic acids is 2. The van der Waals surface area contributed by atoms with E-state index in [-0.39, 0.29) is 17.6 Å². The summed E-state index contributed by atoms with van der Waals surface area (Å²) in [5, 5.41) is 5.96. The summed E-state index contributed by atoms with van der Waals surface area (Å²) < 4.78 is 1.73. The second-order valence-electron chi connectivity index (χ2n) is 10.3. The van der Waals surface area contributed by atoms with Gasteiger partial charge in [-0.05, 0) is 80.9 Å². The Balaban J connectivity index is 3.44. The van der Waals surface area contributed by atoms with E-state index < -0.39 is 11.1 Å². The SMILES string of the molecule is CCCCn1c(C(=O)NC(C)(C)C)nc(C#CCCCN(C)C)c1C(=O)NC(C)(C)C. The molecule has 1 aromatic rings. The highest BCUT2D eigenvalue weighted by atomic mass is 16.2. The molecule has 0 aliphatic carbocycles. The van der Waals surface area contributed by atoms with Crippen molar-refractivity contribution in [2.45, 2.75) is 91.8 Å². The summed E-state index contributed by atoms with van der Waals surface area (Å²) in [4.78, 5) is 32.8. The van der Waals surface area contributed by atoms with E-state index in [2.05, 4.69) is 39.3 Å². The Morgan fingerprint density at radius 3 is 2.10 bits per heavy atom. The zero-order chi connectivity index (χ0) is 23.8. The molecule has 31 heavy (non-hydrogen) atoms. The van der Waals surface area contributed by atoms with Gasteiger partial charge in [0.15, 0.2) is 0 Å². The van der Waals surface area contributed by atoms with E-state index in [1.165, 1.54) is 0 Å². The molecule has 0 saturated heterocycles. The van der Waals surface area contributed by atoms with Crippen LogP contribution in [0.25, 0.3) is 0 Å². The van der Waals surface area contributed by atoms with E-state index in [1.807, 2.05) is 55.6 Å². The first-order valence-corrected chi connectivity index (χ1v) is 11.1. The van der Waals surface area contributed by atoms with Gasteiger partial charge in [-0.2, -0.15) is 0 Å². The van der Waals surface area contributed by atoms with Gasteiger partial charge in [0.2, 0.25) is 5.82 Å². The van der Waals surface area contributed by atoms with Gasteiger partial charge in [-0.15, -0.1) is 0 Å². The van der Waals surface area contributed by atoms with Crippen LogP contribution in [-0.2, 0) is 6.54 Å². The zero-order valence-corrected chi connectivity index (χ0v) is 20.9. The van der Waals surface area contributed by atoms with Crippen LogP contribution in [0.4, 0.5) is 0 Å². The first-order chi connectivity index (χ1) is 14.2. The fraction of sp³-hybridized carbons (Fsp3) is 0.708. The smallest absolute Gasteiger partial charge is 0.287 e. The highest BCUT2D eigenvalue weighted by Crippen LogP contribution is 2.16. The third-order valence-electron chi connectivity index (χ3n) is 4.21. The molecular formula is C24H41N5O2.